The maximum Gasteiger partial charge on any atom is 0.305 e. The number of nitrogens with two attached hydrogens (primary N) is 1. The maximum absolute atomic E-state index is 13.2. The molecule has 2 N–H and O–H groups in total. The Kier molecular flexibility index (Phi) is 6.73. The van der Waals surface area contributed by atoms with Crippen molar-refractivity contribution in [2.24, 2.45) is 11.7 Å². The van der Waals surface area contributed by atoms with Crippen molar-refractivity contribution in [2.75, 3.05) is 27.3 Å². The molecule has 0 atom stereocenters. The first-order valence-electron chi connectivity index (χ1n) is 10.0. The molecule has 6 nitrogen and oxygen atoms in total. The van der Waals surface area contributed by atoms with Gasteiger partial charge in [0.15, 0.2) is 0 Å². The molecule has 3 rings (SSSR count). The van der Waals surface area contributed by atoms with E-state index in [2.05, 4.69) is 4.74 Å². The number of benzene rings is 1. The summed E-state index contributed by atoms with van der Waals surface area (Å²) in [4.78, 5) is 26.4. The Hall–Kier alpha value is -2.34. The SMILES string of the molecule is COC(=O)CCc1ccc(C2=C(OC)CN(C3CCC(CN)CC3)C2=O)cc1. The van der Waals surface area contributed by atoms with E-state index in [0.29, 0.717) is 30.9 Å². The normalized spacial score (nSPS) is 22.5. The predicted octanol–water partition coefficient (Wildman–Crippen LogP) is 2.51. The summed E-state index contributed by atoms with van der Waals surface area (Å²) in [6.07, 6.45) is 5.14. The van der Waals surface area contributed by atoms with Crippen LogP contribution in [0.5, 0.6) is 0 Å². The zero-order valence-electron chi connectivity index (χ0n) is 16.8. The van der Waals surface area contributed by atoms with E-state index in [1.807, 2.05) is 29.2 Å². The largest absolute Gasteiger partial charge is 0.498 e. The zero-order chi connectivity index (χ0) is 20.1. The second-order valence-electron chi connectivity index (χ2n) is 7.62. The van der Waals surface area contributed by atoms with Gasteiger partial charge in [0.1, 0.15) is 5.76 Å². The molecule has 1 aliphatic heterocycles. The molecule has 152 valence electrons. The number of ether oxygens (including phenoxy) is 2. The molecule has 0 bridgehead atoms. The average Bonchev–Trinajstić information content (AvgIpc) is 3.08. The Balaban J connectivity index is 1.70. The third-order valence-corrected chi connectivity index (χ3v) is 5.99. The highest BCUT2D eigenvalue weighted by Gasteiger charge is 2.37. The molecule has 1 fully saturated rings. The number of esters is 1. The maximum atomic E-state index is 13.2. The van der Waals surface area contributed by atoms with E-state index in [9.17, 15) is 9.59 Å². The molecule has 1 amide bonds. The van der Waals surface area contributed by atoms with Crippen molar-refractivity contribution < 1.29 is 19.1 Å². The molecule has 2 aliphatic rings. The van der Waals surface area contributed by atoms with Crippen LogP contribution in [0.3, 0.4) is 0 Å². The highest BCUT2D eigenvalue weighted by Crippen LogP contribution is 2.35. The van der Waals surface area contributed by atoms with Crippen LogP contribution in [0.1, 0.15) is 43.2 Å². The van der Waals surface area contributed by atoms with Crippen molar-refractivity contribution in [3.8, 4) is 0 Å². The quantitative estimate of drug-likeness (QED) is 0.728. The fraction of sp³-hybridized carbons (Fsp3) is 0.545. The van der Waals surface area contributed by atoms with Crippen molar-refractivity contribution in [2.45, 2.75) is 44.6 Å². The van der Waals surface area contributed by atoms with Crippen LogP contribution in [0.15, 0.2) is 30.0 Å². The number of rotatable bonds is 7. The van der Waals surface area contributed by atoms with E-state index in [4.69, 9.17) is 10.5 Å². The molecule has 0 saturated heterocycles. The van der Waals surface area contributed by atoms with E-state index in [0.717, 1.165) is 49.1 Å². The van der Waals surface area contributed by atoms with Gasteiger partial charge in [0, 0.05) is 12.5 Å². The van der Waals surface area contributed by atoms with E-state index in [-0.39, 0.29) is 17.9 Å². The fourth-order valence-electron chi connectivity index (χ4n) is 4.19. The van der Waals surface area contributed by atoms with Gasteiger partial charge in [0.2, 0.25) is 0 Å². The minimum Gasteiger partial charge on any atom is -0.498 e. The summed E-state index contributed by atoms with van der Waals surface area (Å²) in [6.45, 7) is 1.27. The van der Waals surface area contributed by atoms with Crippen LogP contribution in [0.2, 0.25) is 0 Å². The number of hydrogen-bond donors (Lipinski definition) is 1. The van der Waals surface area contributed by atoms with E-state index in [1.54, 1.807) is 7.11 Å². The molecule has 1 aromatic rings. The van der Waals surface area contributed by atoms with Gasteiger partial charge in [-0.1, -0.05) is 24.3 Å². The lowest BCUT2D eigenvalue weighted by Crippen LogP contribution is -2.41. The molecule has 0 spiro atoms. The Morgan fingerprint density at radius 3 is 2.39 bits per heavy atom. The lowest BCUT2D eigenvalue weighted by molar-refractivity contribution is -0.140. The van der Waals surface area contributed by atoms with E-state index in [1.165, 1.54) is 7.11 Å². The predicted molar refractivity (Wildman–Crippen MR) is 107 cm³/mol. The van der Waals surface area contributed by atoms with Gasteiger partial charge >= 0.3 is 5.97 Å². The van der Waals surface area contributed by atoms with Gasteiger partial charge in [-0.2, -0.15) is 0 Å². The van der Waals surface area contributed by atoms with Gasteiger partial charge in [-0.15, -0.1) is 0 Å². The Morgan fingerprint density at radius 2 is 1.82 bits per heavy atom. The van der Waals surface area contributed by atoms with Crippen molar-refractivity contribution in [3.05, 3.63) is 41.2 Å². The topological polar surface area (TPSA) is 81.9 Å². The fourth-order valence-corrected chi connectivity index (χ4v) is 4.19. The van der Waals surface area contributed by atoms with Crippen LogP contribution >= 0.6 is 0 Å². The average molecular weight is 386 g/mol. The first-order chi connectivity index (χ1) is 13.6. The standard InChI is InChI=1S/C22H30N2O4/c1-27-19-14-24(18-10-5-16(13-23)6-11-18)22(26)21(19)17-8-3-15(4-9-17)7-12-20(25)28-2/h3-4,8-9,16,18H,5-7,10-14,23H2,1-2H3. The summed E-state index contributed by atoms with van der Waals surface area (Å²) < 4.78 is 10.3. The van der Waals surface area contributed by atoms with Crippen molar-refractivity contribution >= 4 is 17.4 Å². The van der Waals surface area contributed by atoms with Gasteiger partial charge in [-0.05, 0) is 55.7 Å². The number of carbonyl (C=O) groups excluding carboxylic acids is 2. The molecular weight excluding hydrogens is 356 g/mol. The van der Waals surface area contributed by atoms with Crippen LogP contribution in [-0.2, 0) is 25.5 Å². The van der Waals surface area contributed by atoms with Gasteiger partial charge in [0.05, 0.1) is 26.3 Å². The number of amides is 1. The summed E-state index contributed by atoms with van der Waals surface area (Å²) in [5, 5.41) is 0. The molecule has 1 saturated carbocycles. The molecule has 0 radical (unpaired) electrons. The highest BCUT2D eigenvalue weighted by atomic mass is 16.5. The van der Waals surface area contributed by atoms with Gasteiger partial charge in [-0.3, -0.25) is 9.59 Å². The molecule has 1 heterocycles. The van der Waals surface area contributed by atoms with Crippen LogP contribution in [-0.4, -0.2) is 50.1 Å². The van der Waals surface area contributed by atoms with Crippen molar-refractivity contribution in [1.82, 2.24) is 4.90 Å². The molecule has 0 unspecified atom stereocenters. The lowest BCUT2D eigenvalue weighted by atomic mass is 9.85. The van der Waals surface area contributed by atoms with Crippen molar-refractivity contribution in [3.63, 3.8) is 0 Å². The van der Waals surface area contributed by atoms with Crippen LogP contribution in [0, 0.1) is 5.92 Å². The molecule has 28 heavy (non-hydrogen) atoms. The van der Waals surface area contributed by atoms with Crippen molar-refractivity contribution in [1.29, 1.82) is 0 Å². The molecular formula is C22H30N2O4. The molecule has 6 heteroatoms. The summed E-state index contributed by atoms with van der Waals surface area (Å²) in [7, 11) is 3.02. The second kappa shape index (κ2) is 9.24. The third-order valence-electron chi connectivity index (χ3n) is 5.99. The molecule has 1 aliphatic carbocycles. The highest BCUT2D eigenvalue weighted by molar-refractivity contribution is 6.22. The number of methoxy groups -OCH3 is 2. The summed E-state index contributed by atoms with van der Waals surface area (Å²) in [6, 6.07) is 8.06. The Bertz CT molecular complexity index is 733. The number of hydrogen-bond acceptors (Lipinski definition) is 5. The number of nitrogens with zero attached hydrogens (tertiary/aromatic N) is 1. The van der Waals surface area contributed by atoms with Gasteiger partial charge < -0.3 is 20.1 Å². The number of aryl methyl sites for hydroxylation is 1. The van der Waals surface area contributed by atoms with Crippen LogP contribution in [0.4, 0.5) is 0 Å². The third kappa shape index (κ3) is 4.38. The van der Waals surface area contributed by atoms with E-state index >= 15 is 0 Å². The summed E-state index contributed by atoms with van der Waals surface area (Å²) in [5.41, 5.74) is 8.35. The monoisotopic (exact) mass is 386 g/mol. The lowest BCUT2D eigenvalue weighted by Gasteiger charge is -2.34. The zero-order valence-corrected chi connectivity index (χ0v) is 16.8. The smallest absolute Gasteiger partial charge is 0.305 e. The number of carbonyl (C=O) groups is 2. The molecule has 1 aromatic carbocycles. The second-order valence-corrected chi connectivity index (χ2v) is 7.62. The van der Waals surface area contributed by atoms with Gasteiger partial charge in [-0.25, -0.2) is 0 Å². The Labute approximate surface area is 166 Å². The summed E-state index contributed by atoms with van der Waals surface area (Å²) in [5.74, 6) is 1.14. The van der Waals surface area contributed by atoms with E-state index < -0.39 is 0 Å². The van der Waals surface area contributed by atoms with Crippen LogP contribution in [0.25, 0.3) is 5.57 Å². The minimum absolute atomic E-state index is 0.0513. The summed E-state index contributed by atoms with van der Waals surface area (Å²) >= 11 is 0. The Morgan fingerprint density at radius 1 is 1.14 bits per heavy atom. The van der Waals surface area contributed by atoms with Gasteiger partial charge in [0.25, 0.3) is 5.91 Å². The minimum atomic E-state index is -0.223. The molecule has 0 aromatic heterocycles. The van der Waals surface area contributed by atoms with Crippen LogP contribution < -0.4 is 5.73 Å². The first kappa shape index (κ1) is 20.4. The first-order valence-corrected chi connectivity index (χ1v) is 10.0.